The minimum atomic E-state index is -0.157. The molecular weight excluding hydrogens is 318 g/mol. The number of urea groups is 1. The molecule has 1 atom stereocenters. The van der Waals surface area contributed by atoms with Crippen molar-refractivity contribution in [3.05, 3.63) is 36.4 Å². The van der Waals surface area contributed by atoms with Crippen molar-refractivity contribution >= 4 is 17.6 Å². The molecule has 134 valence electrons. The summed E-state index contributed by atoms with van der Waals surface area (Å²) in [6.07, 6.45) is 7.04. The van der Waals surface area contributed by atoms with Crippen molar-refractivity contribution in [2.75, 3.05) is 38.6 Å². The Morgan fingerprint density at radius 2 is 1.88 bits per heavy atom. The second kappa shape index (κ2) is 8.05. The lowest BCUT2D eigenvalue weighted by Gasteiger charge is -2.35. The van der Waals surface area contributed by atoms with Gasteiger partial charge in [0.15, 0.2) is 0 Å². The van der Waals surface area contributed by atoms with Gasteiger partial charge in [-0.2, -0.15) is 0 Å². The van der Waals surface area contributed by atoms with Crippen molar-refractivity contribution in [3.63, 3.8) is 0 Å². The largest absolute Gasteiger partial charge is 0.495 e. The van der Waals surface area contributed by atoms with Crippen LogP contribution < -0.4 is 10.1 Å². The van der Waals surface area contributed by atoms with Gasteiger partial charge >= 0.3 is 6.03 Å². The number of nitrogens with zero attached hydrogens (tertiary/aromatic N) is 2. The van der Waals surface area contributed by atoms with Crippen LogP contribution in [0.3, 0.4) is 0 Å². The fraction of sp³-hybridized carbons (Fsp3) is 0.474. The second-order valence-corrected chi connectivity index (χ2v) is 6.47. The van der Waals surface area contributed by atoms with Gasteiger partial charge in [0.2, 0.25) is 5.91 Å². The fourth-order valence-electron chi connectivity index (χ4n) is 3.32. The van der Waals surface area contributed by atoms with E-state index in [2.05, 4.69) is 17.5 Å². The molecule has 1 aromatic rings. The van der Waals surface area contributed by atoms with Crippen LogP contribution in [0.15, 0.2) is 36.4 Å². The van der Waals surface area contributed by atoms with Gasteiger partial charge in [0.1, 0.15) is 5.75 Å². The molecule has 0 bridgehead atoms. The molecule has 3 rings (SSSR count). The maximum atomic E-state index is 12.4. The van der Waals surface area contributed by atoms with Crippen molar-refractivity contribution in [3.8, 4) is 5.75 Å². The Kier molecular flexibility index (Phi) is 5.58. The van der Waals surface area contributed by atoms with Gasteiger partial charge in [-0.25, -0.2) is 4.79 Å². The molecule has 1 aromatic carbocycles. The summed E-state index contributed by atoms with van der Waals surface area (Å²) in [5, 5.41) is 2.88. The van der Waals surface area contributed by atoms with Crippen molar-refractivity contribution in [2.45, 2.75) is 19.3 Å². The third kappa shape index (κ3) is 4.32. The summed E-state index contributed by atoms with van der Waals surface area (Å²) >= 11 is 0. The molecule has 1 heterocycles. The number of benzene rings is 1. The Balaban J connectivity index is 1.49. The fourth-order valence-corrected chi connectivity index (χ4v) is 3.32. The Morgan fingerprint density at radius 3 is 2.56 bits per heavy atom. The Morgan fingerprint density at radius 1 is 1.16 bits per heavy atom. The van der Waals surface area contributed by atoms with E-state index in [9.17, 15) is 9.59 Å². The van der Waals surface area contributed by atoms with Crippen LogP contribution in [0.1, 0.15) is 19.3 Å². The number of ether oxygens (including phenoxy) is 1. The Labute approximate surface area is 148 Å². The molecule has 1 N–H and O–H groups in total. The first-order valence-electron chi connectivity index (χ1n) is 8.81. The number of piperazine rings is 1. The highest BCUT2D eigenvalue weighted by Gasteiger charge is 2.26. The third-order valence-corrected chi connectivity index (χ3v) is 4.82. The quantitative estimate of drug-likeness (QED) is 0.855. The summed E-state index contributed by atoms with van der Waals surface area (Å²) in [5.74, 6) is 1.22. The van der Waals surface area contributed by atoms with Crippen molar-refractivity contribution in [1.82, 2.24) is 9.80 Å². The number of rotatable bonds is 4. The molecule has 3 amide bonds. The van der Waals surface area contributed by atoms with Crippen LogP contribution in [-0.2, 0) is 4.79 Å². The molecule has 25 heavy (non-hydrogen) atoms. The van der Waals surface area contributed by atoms with Gasteiger partial charge in [-0.05, 0) is 30.9 Å². The normalized spacial score (nSPS) is 19.8. The minimum Gasteiger partial charge on any atom is -0.495 e. The molecule has 1 fully saturated rings. The van der Waals surface area contributed by atoms with E-state index in [1.807, 2.05) is 29.2 Å². The SMILES string of the molecule is COc1ccccc1NC(=O)N1CCN(C(=O)C[C@H]2C=CCC2)CC1. The number of hydrogen-bond donors (Lipinski definition) is 1. The standard InChI is InChI=1S/C19H25N3O3/c1-25-17-9-5-4-8-16(17)20-19(24)22-12-10-21(11-13-22)18(23)14-15-6-2-3-7-15/h2,4-6,8-9,15H,3,7,10-14H2,1H3,(H,20,24)/t15-/m0/s1. The van der Waals surface area contributed by atoms with Gasteiger partial charge in [-0.15, -0.1) is 0 Å². The van der Waals surface area contributed by atoms with Crippen molar-refractivity contribution in [2.24, 2.45) is 5.92 Å². The van der Waals surface area contributed by atoms with Crippen LogP contribution in [0.5, 0.6) is 5.75 Å². The summed E-state index contributed by atoms with van der Waals surface area (Å²) in [6.45, 7) is 2.28. The van der Waals surface area contributed by atoms with Gasteiger partial charge in [0.25, 0.3) is 0 Å². The van der Waals surface area contributed by atoms with Crippen LogP contribution in [-0.4, -0.2) is 55.0 Å². The molecule has 1 saturated heterocycles. The lowest BCUT2D eigenvalue weighted by atomic mass is 10.0. The molecule has 6 heteroatoms. The monoisotopic (exact) mass is 343 g/mol. The van der Waals surface area contributed by atoms with Crippen LogP contribution in [0.2, 0.25) is 0 Å². The van der Waals surface area contributed by atoms with Crippen LogP contribution >= 0.6 is 0 Å². The topological polar surface area (TPSA) is 61.9 Å². The van der Waals surface area contributed by atoms with E-state index in [1.165, 1.54) is 0 Å². The summed E-state index contributed by atoms with van der Waals surface area (Å²) in [7, 11) is 1.58. The van der Waals surface area contributed by atoms with E-state index in [0.29, 0.717) is 50.0 Å². The molecule has 0 radical (unpaired) electrons. The zero-order chi connectivity index (χ0) is 17.6. The molecule has 0 spiro atoms. The molecular formula is C19H25N3O3. The molecule has 1 aliphatic carbocycles. The number of carbonyl (C=O) groups is 2. The zero-order valence-corrected chi connectivity index (χ0v) is 14.6. The predicted octanol–water partition coefficient (Wildman–Crippen LogP) is 2.73. The van der Waals surface area contributed by atoms with Crippen molar-refractivity contribution in [1.29, 1.82) is 0 Å². The molecule has 6 nitrogen and oxygen atoms in total. The summed E-state index contributed by atoms with van der Waals surface area (Å²) in [6, 6.07) is 7.18. The summed E-state index contributed by atoms with van der Waals surface area (Å²) in [4.78, 5) is 28.4. The number of nitrogens with one attached hydrogen (secondary N) is 1. The molecule has 0 aromatic heterocycles. The number of para-hydroxylation sites is 2. The van der Waals surface area contributed by atoms with E-state index >= 15 is 0 Å². The lowest BCUT2D eigenvalue weighted by molar-refractivity contribution is -0.133. The third-order valence-electron chi connectivity index (χ3n) is 4.82. The van der Waals surface area contributed by atoms with E-state index in [1.54, 1.807) is 12.0 Å². The highest BCUT2D eigenvalue weighted by molar-refractivity contribution is 5.91. The second-order valence-electron chi connectivity index (χ2n) is 6.47. The van der Waals surface area contributed by atoms with E-state index in [4.69, 9.17) is 4.74 Å². The Bertz CT molecular complexity index is 651. The minimum absolute atomic E-state index is 0.157. The average molecular weight is 343 g/mol. The lowest BCUT2D eigenvalue weighted by Crippen LogP contribution is -2.51. The Hall–Kier alpha value is -2.50. The van der Waals surface area contributed by atoms with Gasteiger partial charge in [0, 0.05) is 32.6 Å². The molecule has 0 unspecified atom stereocenters. The first-order chi connectivity index (χ1) is 12.2. The van der Waals surface area contributed by atoms with Crippen LogP contribution in [0.25, 0.3) is 0 Å². The summed E-state index contributed by atoms with van der Waals surface area (Å²) in [5.41, 5.74) is 0.654. The maximum absolute atomic E-state index is 12.4. The van der Waals surface area contributed by atoms with Gasteiger partial charge in [0.05, 0.1) is 12.8 Å². The average Bonchev–Trinajstić information content (AvgIpc) is 3.15. The predicted molar refractivity (Wildman–Crippen MR) is 96.6 cm³/mol. The number of anilines is 1. The molecule has 1 aliphatic heterocycles. The van der Waals surface area contributed by atoms with Gasteiger partial charge in [-0.1, -0.05) is 24.3 Å². The van der Waals surface area contributed by atoms with E-state index in [0.717, 1.165) is 12.8 Å². The van der Waals surface area contributed by atoms with Crippen LogP contribution in [0.4, 0.5) is 10.5 Å². The highest BCUT2D eigenvalue weighted by Crippen LogP contribution is 2.24. The first kappa shape index (κ1) is 17.3. The van der Waals surface area contributed by atoms with Gasteiger partial charge < -0.3 is 19.9 Å². The van der Waals surface area contributed by atoms with E-state index in [-0.39, 0.29) is 11.9 Å². The number of hydrogen-bond acceptors (Lipinski definition) is 3. The number of methoxy groups -OCH3 is 1. The number of amides is 3. The first-order valence-corrected chi connectivity index (χ1v) is 8.81. The summed E-state index contributed by atoms with van der Waals surface area (Å²) < 4.78 is 5.25. The molecule has 0 saturated carbocycles. The number of carbonyl (C=O) groups excluding carboxylic acids is 2. The smallest absolute Gasteiger partial charge is 0.322 e. The highest BCUT2D eigenvalue weighted by atomic mass is 16.5. The molecule has 2 aliphatic rings. The van der Waals surface area contributed by atoms with E-state index < -0.39 is 0 Å². The van der Waals surface area contributed by atoms with Crippen molar-refractivity contribution < 1.29 is 14.3 Å². The van der Waals surface area contributed by atoms with Gasteiger partial charge in [-0.3, -0.25) is 4.79 Å². The zero-order valence-electron chi connectivity index (χ0n) is 14.6. The van der Waals surface area contributed by atoms with Crippen LogP contribution in [0, 0.1) is 5.92 Å². The number of allylic oxidation sites excluding steroid dienone is 2. The maximum Gasteiger partial charge on any atom is 0.322 e.